The van der Waals surface area contributed by atoms with Crippen molar-refractivity contribution in [3.8, 4) is 5.75 Å². The minimum absolute atomic E-state index is 0.000129. The SMILES string of the molecule is COc1ccccc1Sc1ccc(C2CC2C(=O)NCCC(=O)O)c(Cl)c1Cl. The van der Waals surface area contributed by atoms with E-state index in [1.165, 1.54) is 11.8 Å². The van der Waals surface area contributed by atoms with Gasteiger partial charge in [-0.2, -0.15) is 0 Å². The van der Waals surface area contributed by atoms with Gasteiger partial charge in [0.25, 0.3) is 0 Å². The largest absolute Gasteiger partial charge is 0.496 e. The quantitative estimate of drug-likeness (QED) is 0.614. The van der Waals surface area contributed by atoms with Crippen molar-refractivity contribution < 1.29 is 19.4 Å². The first kappa shape index (κ1) is 20.8. The van der Waals surface area contributed by atoms with Crippen LogP contribution in [0.15, 0.2) is 46.2 Å². The molecule has 2 aromatic carbocycles. The molecule has 148 valence electrons. The molecule has 2 N–H and O–H groups in total. The zero-order valence-corrected chi connectivity index (χ0v) is 17.4. The van der Waals surface area contributed by atoms with Crippen molar-refractivity contribution in [2.24, 2.45) is 5.92 Å². The average Bonchev–Trinajstić information content (AvgIpc) is 3.46. The van der Waals surface area contributed by atoms with Gasteiger partial charge in [0, 0.05) is 17.4 Å². The number of nitrogens with one attached hydrogen (secondary N) is 1. The molecule has 5 nitrogen and oxygen atoms in total. The number of carbonyl (C=O) groups is 2. The van der Waals surface area contributed by atoms with Gasteiger partial charge in [0.05, 0.1) is 28.5 Å². The molecule has 0 saturated heterocycles. The minimum Gasteiger partial charge on any atom is -0.496 e. The summed E-state index contributed by atoms with van der Waals surface area (Å²) in [5.41, 5.74) is 0.842. The van der Waals surface area contributed by atoms with Crippen molar-refractivity contribution in [1.29, 1.82) is 0 Å². The monoisotopic (exact) mass is 439 g/mol. The van der Waals surface area contributed by atoms with Crippen molar-refractivity contribution in [3.63, 3.8) is 0 Å². The van der Waals surface area contributed by atoms with E-state index >= 15 is 0 Å². The molecule has 0 aromatic heterocycles. The third-order valence-electron chi connectivity index (χ3n) is 4.53. The van der Waals surface area contributed by atoms with Gasteiger partial charge in [0.1, 0.15) is 5.75 Å². The fraction of sp³-hybridized carbons (Fsp3) is 0.300. The number of para-hydroxylation sites is 1. The molecule has 1 saturated carbocycles. The van der Waals surface area contributed by atoms with Gasteiger partial charge in [-0.25, -0.2) is 0 Å². The van der Waals surface area contributed by atoms with Crippen molar-refractivity contribution in [1.82, 2.24) is 5.32 Å². The number of carboxylic acid groups (broad SMARTS) is 1. The Morgan fingerprint density at radius 2 is 1.93 bits per heavy atom. The normalized spacial score (nSPS) is 17.8. The first-order chi connectivity index (χ1) is 13.4. The van der Waals surface area contributed by atoms with Gasteiger partial charge >= 0.3 is 5.97 Å². The maximum Gasteiger partial charge on any atom is 0.305 e. The number of carboxylic acids is 1. The molecule has 1 amide bonds. The third kappa shape index (κ3) is 4.74. The zero-order valence-electron chi connectivity index (χ0n) is 15.1. The van der Waals surface area contributed by atoms with Crippen molar-refractivity contribution in [2.75, 3.05) is 13.7 Å². The lowest BCUT2D eigenvalue weighted by molar-refractivity contribution is -0.136. The van der Waals surface area contributed by atoms with E-state index in [1.807, 2.05) is 36.4 Å². The number of hydrogen-bond donors (Lipinski definition) is 2. The maximum absolute atomic E-state index is 12.1. The van der Waals surface area contributed by atoms with Crippen LogP contribution in [0.1, 0.15) is 24.3 Å². The van der Waals surface area contributed by atoms with Gasteiger partial charge in [-0.15, -0.1) is 0 Å². The lowest BCUT2D eigenvalue weighted by atomic mass is 10.1. The van der Waals surface area contributed by atoms with Crippen molar-refractivity contribution >= 4 is 46.8 Å². The number of rotatable bonds is 8. The van der Waals surface area contributed by atoms with E-state index in [4.69, 9.17) is 33.0 Å². The smallest absolute Gasteiger partial charge is 0.305 e. The number of hydrogen-bond acceptors (Lipinski definition) is 4. The molecule has 0 radical (unpaired) electrons. The van der Waals surface area contributed by atoms with Gasteiger partial charge in [-0.3, -0.25) is 9.59 Å². The topological polar surface area (TPSA) is 75.6 Å². The van der Waals surface area contributed by atoms with Crippen LogP contribution in [0.5, 0.6) is 5.75 Å². The molecule has 1 fully saturated rings. The summed E-state index contributed by atoms with van der Waals surface area (Å²) in [6, 6.07) is 11.4. The molecule has 2 atom stereocenters. The van der Waals surface area contributed by atoms with Crippen molar-refractivity contribution in [2.45, 2.75) is 28.6 Å². The second-order valence-corrected chi connectivity index (χ2v) is 8.26. The standard InChI is InChI=1S/C20H19Cl2NO4S/c1-27-14-4-2-3-5-15(14)28-16-7-6-11(18(21)19(16)22)12-10-13(12)20(26)23-9-8-17(24)25/h2-7,12-13H,8-10H2,1H3,(H,23,26)(H,24,25). The summed E-state index contributed by atoms with van der Waals surface area (Å²) in [5, 5.41) is 12.2. The van der Waals surface area contributed by atoms with Crippen LogP contribution in [-0.2, 0) is 9.59 Å². The highest BCUT2D eigenvalue weighted by Gasteiger charge is 2.45. The predicted octanol–water partition coefficient (Wildman–Crippen LogP) is 4.85. The Morgan fingerprint density at radius 1 is 1.18 bits per heavy atom. The number of methoxy groups -OCH3 is 1. The van der Waals surface area contributed by atoms with E-state index in [0.717, 1.165) is 21.1 Å². The molecule has 0 bridgehead atoms. The zero-order chi connectivity index (χ0) is 20.3. The summed E-state index contributed by atoms with van der Waals surface area (Å²) in [7, 11) is 1.62. The summed E-state index contributed by atoms with van der Waals surface area (Å²) in [4.78, 5) is 24.4. The number of amides is 1. The maximum atomic E-state index is 12.1. The lowest BCUT2D eigenvalue weighted by Gasteiger charge is -2.12. The lowest BCUT2D eigenvalue weighted by Crippen LogP contribution is -2.27. The van der Waals surface area contributed by atoms with E-state index in [9.17, 15) is 9.59 Å². The Hall–Kier alpha value is -1.89. The Kier molecular flexibility index (Phi) is 6.75. The second-order valence-electron chi connectivity index (χ2n) is 6.42. The Morgan fingerprint density at radius 3 is 2.64 bits per heavy atom. The highest BCUT2D eigenvalue weighted by atomic mass is 35.5. The molecular formula is C20H19Cl2NO4S. The van der Waals surface area contributed by atoms with E-state index in [-0.39, 0.29) is 30.7 Å². The summed E-state index contributed by atoms with van der Waals surface area (Å²) >= 11 is 14.5. The summed E-state index contributed by atoms with van der Waals surface area (Å²) in [5.74, 6) is -0.532. The van der Waals surface area contributed by atoms with Crippen LogP contribution in [0.3, 0.4) is 0 Å². The van der Waals surface area contributed by atoms with Gasteiger partial charge in [-0.1, -0.05) is 53.2 Å². The molecular weight excluding hydrogens is 421 g/mol. The fourth-order valence-electron chi connectivity index (χ4n) is 2.99. The molecule has 0 spiro atoms. The number of carbonyl (C=O) groups excluding carboxylic acids is 1. The molecule has 1 aliphatic rings. The fourth-order valence-corrected chi connectivity index (χ4v) is 4.60. The number of ether oxygens (including phenoxy) is 1. The number of benzene rings is 2. The highest BCUT2D eigenvalue weighted by Crippen LogP contribution is 2.52. The summed E-state index contributed by atoms with van der Waals surface area (Å²) in [6.07, 6.45) is 0.582. The molecule has 1 aliphatic carbocycles. The summed E-state index contributed by atoms with van der Waals surface area (Å²) in [6.45, 7) is 0.125. The Balaban J connectivity index is 1.69. The van der Waals surface area contributed by atoms with E-state index < -0.39 is 5.97 Å². The Bertz CT molecular complexity index is 906. The molecule has 0 aliphatic heterocycles. The summed E-state index contributed by atoms with van der Waals surface area (Å²) < 4.78 is 5.37. The Labute approximate surface area is 177 Å². The molecule has 2 unspecified atom stereocenters. The van der Waals surface area contributed by atoms with Crippen LogP contribution >= 0.6 is 35.0 Å². The van der Waals surface area contributed by atoms with Crippen LogP contribution in [0, 0.1) is 5.92 Å². The van der Waals surface area contributed by atoms with Crippen molar-refractivity contribution in [3.05, 3.63) is 52.0 Å². The van der Waals surface area contributed by atoms with Crippen LogP contribution in [0.4, 0.5) is 0 Å². The average molecular weight is 440 g/mol. The first-order valence-electron chi connectivity index (χ1n) is 8.70. The van der Waals surface area contributed by atoms with E-state index in [0.29, 0.717) is 16.5 Å². The molecule has 3 rings (SSSR count). The van der Waals surface area contributed by atoms with Crippen LogP contribution < -0.4 is 10.1 Å². The molecule has 2 aromatic rings. The van der Waals surface area contributed by atoms with E-state index in [1.54, 1.807) is 7.11 Å². The first-order valence-corrected chi connectivity index (χ1v) is 10.3. The van der Waals surface area contributed by atoms with Crippen LogP contribution in [0.25, 0.3) is 0 Å². The van der Waals surface area contributed by atoms with Crippen LogP contribution in [0.2, 0.25) is 10.0 Å². The highest BCUT2D eigenvalue weighted by molar-refractivity contribution is 7.99. The van der Waals surface area contributed by atoms with Gasteiger partial charge < -0.3 is 15.2 Å². The van der Waals surface area contributed by atoms with Gasteiger partial charge in [0.2, 0.25) is 5.91 Å². The minimum atomic E-state index is -0.939. The number of halogens is 2. The van der Waals surface area contributed by atoms with E-state index in [2.05, 4.69) is 5.32 Å². The van der Waals surface area contributed by atoms with Gasteiger partial charge in [-0.05, 0) is 36.1 Å². The number of aliphatic carboxylic acids is 1. The molecule has 0 heterocycles. The van der Waals surface area contributed by atoms with Crippen LogP contribution in [-0.4, -0.2) is 30.6 Å². The molecule has 8 heteroatoms. The molecule has 28 heavy (non-hydrogen) atoms. The predicted molar refractivity (Wildman–Crippen MR) is 110 cm³/mol. The second kappa shape index (κ2) is 9.07. The van der Waals surface area contributed by atoms with Gasteiger partial charge in [0.15, 0.2) is 0 Å². The third-order valence-corrected chi connectivity index (χ3v) is 6.66.